The molecular weight excluding hydrogens is 240 g/mol. The first kappa shape index (κ1) is 14.9. The van der Waals surface area contributed by atoms with Crippen LogP contribution < -0.4 is 5.32 Å². The standard InChI is InChI=1S/C13H16N2S.C2H6/c1-2-12-5-6-13(16-12)10-15-9-11-4-3-7-14-8-11;1-2/h3-8,15H,2,9-10H2,1H3;1-2H3. The first-order chi connectivity index (χ1) is 8.88. The number of aromatic nitrogens is 1. The monoisotopic (exact) mass is 262 g/mol. The predicted octanol–water partition coefficient (Wildman–Crippen LogP) is 4.02. The first-order valence-electron chi connectivity index (χ1n) is 6.55. The highest BCUT2D eigenvalue weighted by molar-refractivity contribution is 7.11. The minimum atomic E-state index is 0.882. The van der Waals surface area contributed by atoms with Crippen LogP contribution in [-0.2, 0) is 19.5 Å². The molecule has 0 bridgehead atoms. The summed E-state index contributed by atoms with van der Waals surface area (Å²) in [5, 5.41) is 3.43. The van der Waals surface area contributed by atoms with Crippen molar-refractivity contribution in [3.05, 3.63) is 52.0 Å². The number of nitrogens with one attached hydrogen (secondary N) is 1. The van der Waals surface area contributed by atoms with Gasteiger partial charge in [-0.2, -0.15) is 0 Å². The van der Waals surface area contributed by atoms with Crippen molar-refractivity contribution in [1.82, 2.24) is 10.3 Å². The van der Waals surface area contributed by atoms with E-state index in [2.05, 4.69) is 35.4 Å². The molecule has 2 aromatic heterocycles. The van der Waals surface area contributed by atoms with Crippen LogP contribution in [0.3, 0.4) is 0 Å². The van der Waals surface area contributed by atoms with E-state index in [-0.39, 0.29) is 0 Å². The molecule has 0 amide bonds. The minimum Gasteiger partial charge on any atom is -0.308 e. The second kappa shape index (κ2) is 8.84. The van der Waals surface area contributed by atoms with E-state index < -0.39 is 0 Å². The van der Waals surface area contributed by atoms with Crippen LogP contribution >= 0.6 is 11.3 Å². The molecule has 3 heteroatoms. The van der Waals surface area contributed by atoms with Crippen LogP contribution in [0.15, 0.2) is 36.7 Å². The lowest BCUT2D eigenvalue weighted by Crippen LogP contribution is -2.11. The van der Waals surface area contributed by atoms with Crippen molar-refractivity contribution >= 4 is 11.3 Å². The number of pyridine rings is 1. The maximum absolute atomic E-state index is 4.09. The predicted molar refractivity (Wildman–Crippen MR) is 79.8 cm³/mol. The topological polar surface area (TPSA) is 24.9 Å². The number of aryl methyl sites for hydroxylation is 1. The fourth-order valence-electron chi connectivity index (χ4n) is 1.54. The van der Waals surface area contributed by atoms with Crippen molar-refractivity contribution in [2.75, 3.05) is 0 Å². The van der Waals surface area contributed by atoms with Gasteiger partial charge < -0.3 is 5.32 Å². The summed E-state index contributed by atoms with van der Waals surface area (Å²) in [6.07, 6.45) is 4.84. The highest BCUT2D eigenvalue weighted by atomic mass is 32.1. The molecule has 2 nitrogen and oxygen atoms in total. The lowest BCUT2D eigenvalue weighted by molar-refractivity contribution is 0.699. The molecule has 0 saturated heterocycles. The molecule has 2 rings (SSSR count). The van der Waals surface area contributed by atoms with Gasteiger partial charge in [-0.15, -0.1) is 11.3 Å². The number of hydrogen-bond donors (Lipinski definition) is 1. The zero-order valence-electron chi connectivity index (χ0n) is 11.4. The van der Waals surface area contributed by atoms with Gasteiger partial charge in [-0.1, -0.05) is 26.8 Å². The Hall–Kier alpha value is -1.19. The maximum Gasteiger partial charge on any atom is 0.0312 e. The number of nitrogens with zero attached hydrogens (tertiary/aromatic N) is 1. The summed E-state index contributed by atoms with van der Waals surface area (Å²) in [5.41, 5.74) is 1.23. The third-order valence-electron chi connectivity index (χ3n) is 2.42. The molecule has 0 unspecified atom stereocenters. The first-order valence-corrected chi connectivity index (χ1v) is 7.37. The Morgan fingerprint density at radius 1 is 1.11 bits per heavy atom. The number of thiophene rings is 1. The molecule has 0 aliphatic carbocycles. The van der Waals surface area contributed by atoms with Crippen LogP contribution in [0.25, 0.3) is 0 Å². The van der Waals surface area contributed by atoms with Gasteiger partial charge in [-0.25, -0.2) is 0 Å². The van der Waals surface area contributed by atoms with Crippen molar-refractivity contribution in [1.29, 1.82) is 0 Å². The number of hydrogen-bond acceptors (Lipinski definition) is 3. The molecule has 98 valence electrons. The van der Waals surface area contributed by atoms with Gasteiger partial charge in [0, 0.05) is 35.2 Å². The molecule has 0 aliphatic rings. The van der Waals surface area contributed by atoms with E-state index in [1.54, 1.807) is 6.20 Å². The van der Waals surface area contributed by atoms with Crippen LogP contribution in [-0.4, -0.2) is 4.98 Å². The van der Waals surface area contributed by atoms with Crippen LogP contribution in [0.5, 0.6) is 0 Å². The number of rotatable bonds is 5. The van der Waals surface area contributed by atoms with E-state index in [0.29, 0.717) is 0 Å². The summed E-state index contributed by atoms with van der Waals surface area (Å²) < 4.78 is 0. The highest BCUT2D eigenvalue weighted by Gasteiger charge is 1.98. The molecule has 1 N–H and O–H groups in total. The second-order valence-corrected chi connectivity index (χ2v) is 4.94. The van der Waals surface area contributed by atoms with Crippen molar-refractivity contribution in [3.63, 3.8) is 0 Å². The van der Waals surface area contributed by atoms with Gasteiger partial charge >= 0.3 is 0 Å². The lowest BCUT2D eigenvalue weighted by Gasteiger charge is -2.02. The van der Waals surface area contributed by atoms with Crippen LogP contribution in [0.1, 0.15) is 36.1 Å². The fourth-order valence-corrected chi connectivity index (χ4v) is 2.47. The van der Waals surface area contributed by atoms with Crippen molar-refractivity contribution in [2.24, 2.45) is 0 Å². The molecule has 18 heavy (non-hydrogen) atoms. The third kappa shape index (κ3) is 4.98. The Balaban J connectivity index is 0.000000771. The van der Waals surface area contributed by atoms with Crippen LogP contribution in [0.2, 0.25) is 0 Å². The summed E-state index contributed by atoms with van der Waals surface area (Å²) in [6.45, 7) is 8.02. The summed E-state index contributed by atoms with van der Waals surface area (Å²) >= 11 is 1.89. The summed E-state index contributed by atoms with van der Waals surface area (Å²) in [7, 11) is 0. The van der Waals surface area contributed by atoms with E-state index in [4.69, 9.17) is 0 Å². The van der Waals surface area contributed by atoms with Crippen molar-refractivity contribution in [3.8, 4) is 0 Å². The normalized spacial score (nSPS) is 9.72. The quantitative estimate of drug-likeness (QED) is 0.880. The molecule has 0 radical (unpaired) electrons. The van der Waals surface area contributed by atoms with Crippen molar-refractivity contribution < 1.29 is 0 Å². The second-order valence-electron chi connectivity index (χ2n) is 3.69. The molecule has 2 heterocycles. The average molecular weight is 262 g/mol. The van der Waals surface area contributed by atoms with E-state index in [9.17, 15) is 0 Å². The zero-order chi connectivity index (χ0) is 13.2. The summed E-state index contributed by atoms with van der Waals surface area (Å²) in [4.78, 5) is 6.95. The lowest BCUT2D eigenvalue weighted by atomic mass is 10.3. The SMILES string of the molecule is CC.CCc1ccc(CNCc2cccnc2)s1. The Kier molecular flexibility index (Phi) is 7.30. The van der Waals surface area contributed by atoms with Crippen LogP contribution in [0, 0.1) is 0 Å². The molecule has 0 aliphatic heterocycles. The van der Waals surface area contributed by atoms with Gasteiger partial charge in [0.2, 0.25) is 0 Å². The van der Waals surface area contributed by atoms with Gasteiger partial charge in [0.05, 0.1) is 0 Å². The van der Waals surface area contributed by atoms with Crippen LogP contribution in [0.4, 0.5) is 0 Å². The van der Waals surface area contributed by atoms with Gasteiger partial charge in [0.15, 0.2) is 0 Å². The maximum atomic E-state index is 4.09. The van der Waals surface area contributed by atoms with Crippen molar-refractivity contribution in [2.45, 2.75) is 40.3 Å². The average Bonchev–Trinajstić information content (AvgIpc) is 2.90. The molecule has 2 aromatic rings. The minimum absolute atomic E-state index is 0.882. The Morgan fingerprint density at radius 3 is 2.50 bits per heavy atom. The van der Waals surface area contributed by atoms with E-state index in [1.165, 1.54) is 15.3 Å². The Labute approximate surface area is 114 Å². The molecule has 0 fully saturated rings. The highest BCUT2D eigenvalue weighted by Crippen LogP contribution is 2.16. The molecule has 0 atom stereocenters. The van der Waals surface area contributed by atoms with E-state index >= 15 is 0 Å². The Bertz CT molecular complexity index is 423. The van der Waals surface area contributed by atoms with Gasteiger partial charge in [-0.05, 0) is 30.2 Å². The van der Waals surface area contributed by atoms with Gasteiger partial charge in [0.1, 0.15) is 0 Å². The smallest absolute Gasteiger partial charge is 0.0312 e. The molecule has 0 saturated carbocycles. The van der Waals surface area contributed by atoms with Gasteiger partial charge in [0.25, 0.3) is 0 Å². The van der Waals surface area contributed by atoms with Gasteiger partial charge in [-0.3, -0.25) is 4.98 Å². The summed E-state index contributed by atoms with van der Waals surface area (Å²) in [5.74, 6) is 0. The van der Waals surface area contributed by atoms with E-state index in [1.807, 2.05) is 37.4 Å². The Morgan fingerprint density at radius 2 is 1.89 bits per heavy atom. The molecular formula is C15H22N2S. The summed E-state index contributed by atoms with van der Waals surface area (Å²) in [6, 6.07) is 8.48. The molecule has 0 aromatic carbocycles. The zero-order valence-corrected chi connectivity index (χ0v) is 12.3. The largest absolute Gasteiger partial charge is 0.308 e. The molecule has 0 spiro atoms. The third-order valence-corrected chi connectivity index (χ3v) is 3.65. The fraction of sp³-hybridized carbons (Fsp3) is 0.400. The van der Waals surface area contributed by atoms with E-state index in [0.717, 1.165) is 19.5 Å².